The normalized spacial score (nSPS) is 22.1. The van der Waals surface area contributed by atoms with E-state index in [-0.39, 0.29) is 17.1 Å². The van der Waals surface area contributed by atoms with Crippen LogP contribution in [0.3, 0.4) is 0 Å². The minimum Gasteiger partial charge on any atom is -0.336 e. The van der Waals surface area contributed by atoms with Gasteiger partial charge in [0.05, 0.1) is 11.3 Å². The summed E-state index contributed by atoms with van der Waals surface area (Å²) >= 11 is 1.40. The number of aromatic nitrogens is 1. The molecule has 3 heterocycles. The van der Waals surface area contributed by atoms with E-state index >= 15 is 0 Å². The van der Waals surface area contributed by atoms with Crippen LogP contribution in [0.15, 0.2) is 10.9 Å². The van der Waals surface area contributed by atoms with E-state index in [4.69, 9.17) is 0 Å². The smallest absolute Gasteiger partial charge is 0.273 e. The van der Waals surface area contributed by atoms with E-state index in [2.05, 4.69) is 4.98 Å². The minimum absolute atomic E-state index is 0.0338. The maximum atomic E-state index is 12.1. The highest BCUT2D eigenvalue weighted by Gasteiger charge is 2.51. The van der Waals surface area contributed by atoms with Crippen molar-refractivity contribution in [2.45, 2.75) is 13.3 Å². The topological polar surface area (TPSA) is 70.6 Å². The fourth-order valence-corrected chi connectivity index (χ4v) is 4.69. The van der Waals surface area contributed by atoms with Crippen molar-refractivity contribution in [2.75, 3.05) is 31.9 Å². The third kappa shape index (κ3) is 2.25. The van der Waals surface area contributed by atoms with Crippen molar-refractivity contribution in [3.63, 3.8) is 0 Å². The van der Waals surface area contributed by atoms with Crippen LogP contribution in [0, 0.1) is 5.41 Å². The Balaban J connectivity index is 1.62. The molecule has 110 valence electrons. The van der Waals surface area contributed by atoms with Crippen molar-refractivity contribution in [3.8, 4) is 0 Å². The molecule has 0 aliphatic carbocycles. The lowest BCUT2D eigenvalue weighted by Crippen LogP contribution is -2.59. The van der Waals surface area contributed by atoms with Gasteiger partial charge in [-0.15, -0.1) is 11.3 Å². The molecule has 2 aliphatic heterocycles. The van der Waals surface area contributed by atoms with E-state index in [0.29, 0.717) is 31.9 Å². The molecule has 6 nitrogen and oxygen atoms in total. The van der Waals surface area contributed by atoms with Gasteiger partial charge < -0.3 is 4.90 Å². The van der Waals surface area contributed by atoms with Gasteiger partial charge in [-0.25, -0.2) is 17.7 Å². The predicted molar refractivity (Wildman–Crippen MR) is 76.1 cm³/mol. The third-order valence-corrected chi connectivity index (χ3v) is 6.57. The first kappa shape index (κ1) is 14.0. The number of carbonyl (C=O) groups is 1. The molecule has 0 aromatic carbocycles. The number of amides is 1. The standard InChI is InChI=1S/C12H17N3O3S2/c1-2-20(17,18)15-4-3-12(8-15)6-14(7-12)11(16)10-5-19-9-13-10/h5,9H,2-4,6-8H2,1H3. The minimum atomic E-state index is -3.11. The maximum absolute atomic E-state index is 12.1. The monoisotopic (exact) mass is 315 g/mol. The number of likely N-dealkylation sites (tertiary alicyclic amines) is 1. The zero-order chi connectivity index (χ0) is 14.4. The van der Waals surface area contributed by atoms with Gasteiger partial charge in [-0.05, 0) is 13.3 Å². The molecule has 2 aliphatic rings. The molecule has 1 aromatic heterocycles. The molecule has 0 atom stereocenters. The zero-order valence-corrected chi connectivity index (χ0v) is 12.9. The summed E-state index contributed by atoms with van der Waals surface area (Å²) in [5, 5.41) is 1.75. The van der Waals surface area contributed by atoms with Crippen LogP contribution in [0.2, 0.25) is 0 Å². The van der Waals surface area contributed by atoms with Gasteiger partial charge in [-0.3, -0.25) is 4.79 Å². The van der Waals surface area contributed by atoms with Crippen molar-refractivity contribution in [1.82, 2.24) is 14.2 Å². The Labute approximate surface area is 122 Å². The van der Waals surface area contributed by atoms with E-state index < -0.39 is 10.0 Å². The van der Waals surface area contributed by atoms with Crippen molar-refractivity contribution in [1.29, 1.82) is 0 Å². The Morgan fingerprint density at radius 3 is 2.80 bits per heavy atom. The molecule has 2 saturated heterocycles. The summed E-state index contributed by atoms with van der Waals surface area (Å²) in [7, 11) is -3.11. The lowest BCUT2D eigenvalue weighted by molar-refractivity contribution is 0.0132. The Bertz CT molecular complexity index is 606. The molecule has 0 unspecified atom stereocenters. The molecular weight excluding hydrogens is 298 g/mol. The Hall–Kier alpha value is -0.990. The molecule has 8 heteroatoms. The summed E-state index contributed by atoms with van der Waals surface area (Å²) in [5.74, 6) is 0.0959. The second kappa shape index (κ2) is 4.78. The molecule has 0 saturated carbocycles. The summed E-state index contributed by atoms with van der Waals surface area (Å²) in [5.41, 5.74) is 2.10. The Morgan fingerprint density at radius 2 is 2.20 bits per heavy atom. The molecule has 0 radical (unpaired) electrons. The van der Waals surface area contributed by atoms with Crippen LogP contribution in [-0.4, -0.2) is 60.4 Å². The van der Waals surface area contributed by atoms with Crippen LogP contribution in [-0.2, 0) is 10.0 Å². The van der Waals surface area contributed by atoms with Gasteiger partial charge >= 0.3 is 0 Å². The third-order valence-electron chi connectivity index (χ3n) is 4.15. The van der Waals surface area contributed by atoms with Crippen LogP contribution < -0.4 is 0 Å². The Kier molecular flexibility index (Phi) is 3.34. The lowest BCUT2D eigenvalue weighted by Gasteiger charge is -2.47. The summed E-state index contributed by atoms with van der Waals surface area (Å²) in [6.45, 7) is 4.07. The summed E-state index contributed by atoms with van der Waals surface area (Å²) in [4.78, 5) is 17.9. The summed E-state index contributed by atoms with van der Waals surface area (Å²) in [6.07, 6.45) is 0.840. The van der Waals surface area contributed by atoms with Gasteiger partial charge in [0, 0.05) is 37.0 Å². The number of hydrogen-bond donors (Lipinski definition) is 0. The largest absolute Gasteiger partial charge is 0.336 e. The van der Waals surface area contributed by atoms with E-state index in [1.54, 1.807) is 27.0 Å². The summed E-state index contributed by atoms with van der Waals surface area (Å²) in [6, 6.07) is 0. The summed E-state index contributed by atoms with van der Waals surface area (Å²) < 4.78 is 25.3. The predicted octanol–water partition coefficient (Wildman–Crippen LogP) is 0.641. The van der Waals surface area contributed by atoms with Crippen LogP contribution in [0.4, 0.5) is 0 Å². The number of hydrogen-bond acceptors (Lipinski definition) is 5. The maximum Gasteiger partial charge on any atom is 0.273 e. The number of rotatable bonds is 3. The first-order valence-corrected chi connectivity index (χ1v) is 9.16. The highest BCUT2D eigenvalue weighted by molar-refractivity contribution is 7.89. The molecule has 0 bridgehead atoms. The average molecular weight is 315 g/mol. The van der Waals surface area contributed by atoms with Gasteiger partial charge in [0.2, 0.25) is 10.0 Å². The lowest BCUT2D eigenvalue weighted by atomic mass is 9.79. The molecule has 1 amide bonds. The first-order valence-electron chi connectivity index (χ1n) is 6.61. The SMILES string of the molecule is CCS(=O)(=O)N1CCC2(CN(C(=O)c3cscn3)C2)C1. The van der Waals surface area contributed by atoms with Crippen molar-refractivity contribution in [3.05, 3.63) is 16.6 Å². The van der Waals surface area contributed by atoms with E-state index in [0.717, 1.165) is 6.42 Å². The van der Waals surface area contributed by atoms with Gasteiger partial charge in [-0.2, -0.15) is 0 Å². The van der Waals surface area contributed by atoms with Gasteiger partial charge in [-0.1, -0.05) is 0 Å². The van der Waals surface area contributed by atoms with Crippen LogP contribution in [0.5, 0.6) is 0 Å². The van der Waals surface area contributed by atoms with E-state index in [1.807, 2.05) is 0 Å². The number of carbonyl (C=O) groups excluding carboxylic acids is 1. The van der Waals surface area contributed by atoms with Gasteiger partial charge in [0.25, 0.3) is 5.91 Å². The first-order chi connectivity index (χ1) is 9.46. The van der Waals surface area contributed by atoms with Gasteiger partial charge in [0.15, 0.2) is 0 Å². The number of nitrogens with zero attached hydrogens (tertiary/aromatic N) is 3. The highest BCUT2D eigenvalue weighted by Crippen LogP contribution is 2.41. The van der Waals surface area contributed by atoms with Gasteiger partial charge in [0.1, 0.15) is 5.69 Å². The number of sulfonamides is 1. The van der Waals surface area contributed by atoms with Crippen LogP contribution in [0.25, 0.3) is 0 Å². The zero-order valence-electron chi connectivity index (χ0n) is 11.3. The molecule has 2 fully saturated rings. The molecule has 1 aromatic rings. The second-order valence-corrected chi connectivity index (χ2v) is 8.50. The van der Waals surface area contributed by atoms with Crippen molar-refractivity contribution >= 4 is 27.3 Å². The highest BCUT2D eigenvalue weighted by atomic mass is 32.2. The molecule has 0 N–H and O–H groups in total. The van der Waals surface area contributed by atoms with Crippen molar-refractivity contribution < 1.29 is 13.2 Å². The van der Waals surface area contributed by atoms with E-state index in [1.165, 1.54) is 11.3 Å². The quantitative estimate of drug-likeness (QED) is 0.821. The average Bonchev–Trinajstić information content (AvgIpc) is 3.05. The molecule has 3 rings (SSSR count). The van der Waals surface area contributed by atoms with Crippen LogP contribution in [0.1, 0.15) is 23.8 Å². The van der Waals surface area contributed by atoms with Crippen LogP contribution >= 0.6 is 11.3 Å². The second-order valence-electron chi connectivity index (χ2n) is 5.52. The molecule has 20 heavy (non-hydrogen) atoms. The number of thiazole rings is 1. The van der Waals surface area contributed by atoms with E-state index in [9.17, 15) is 13.2 Å². The molecule has 1 spiro atoms. The Morgan fingerprint density at radius 1 is 1.45 bits per heavy atom. The fourth-order valence-electron chi connectivity index (χ4n) is 2.96. The fraction of sp³-hybridized carbons (Fsp3) is 0.667. The van der Waals surface area contributed by atoms with Crippen molar-refractivity contribution in [2.24, 2.45) is 5.41 Å². The molecular formula is C12H17N3O3S2.